The third-order valence-electron chi connectivity index (χ3n) is 1.57. The van der Waals surface area contributed by atoms with Gasteiger partial charge in [-0.15, -0.1) is 0 Å². The van der Waals surface area contributed by atoms with Crippen LogP contribution in [0.5, 0.6) is 0 Å². The molecule has 0 saturated heterocycles. The highest BCUT2D eigenvalue weighted by atomic mass is 16.6. The van der Waals surface area contributed by atoms with Gasteiger partial charge in [-0.25, -0.2) is 4.98 Å². The van der Waals surface area contributed by atoms with E-state index in [4.69, 9.17) is 10.5 Å². The van der Waals surface area contributed by atoms with Gasteiger partial charge in [-0.2, -0.15) is 0 Å². The van der Waals surface area contributed by atoms with Crippen molar-refractivity contribution in [2.75, 3.05) is 5.73 Å². The second-order valence-electron chi connectivity index (χ2n) is 4.32. The lowest BCUT2D eigenvalue weighted by atomic mass is 10.2. The van der Waals surface area contributed by atoms with Crippen LogP contribution >= 0.6 is 0 Å². The molecule has 0 radical (unpaired) electrons. The van der Waals surface area contributed by atoms with Gasteiger partial charge < -0.3 is 10.5 Å². The highest BCUT2D eigenvalue weighted by Gasteiger charge is 2.16. The monoisotopic (exact) mass is 208 g/mol. The molecule has 0 atom stereocenters. The van der Waals surface area contributed by atoms with Gasteiger partial charge in [0.15, 0.2) is 0 Å². The Balaban J connectivity index is 2.59. The topological polar surface area (TPSA) is 65.2 Å². The lowest BCUT2D eigenvalue weighted by Crippen LogP contribution is -2.25. The van der Waals surface area contributed by atoms with E-state index in [1.54, 1.807) is 18.2 Å². The highest BCUT2D eigenvalue weighted by Crippen LogP contribution is 2.09. The van der Waals surface area contributed by atoms with E-state index in [0.717, 1.165) is 0 Å². The predicted octanol–water partition coefficient (Wildman–Crippen LogP) is 1.55. The number of esters is 1. The molecule has 0 amide bonds. The summed E-state index contributed by atoms with van der Waals surface area (Å²) in [6.45, 7) is 5.49. The van der Waals surface area contributed by atoms with E-state index in [1.165, 1.54) is 0 Å². The van der Waals surface area contributed by atoms with Crippen molar-refractivity contribution in [3.8, 4) is 0 Å². The van der Waals surface area contributed by atoms with E-state index in [-0.39, 0.29) is 12.4 Å². The van der Waals surface area contributed by atoms with Crippen LogP contribution in [0.15, 0.2) is 18.2 Å². The first-order chi connectivity index (χ1) is 6.87. The summed E-state index contributed by atoms with van der Waals surface area (Å²) in [4.78, 5) is 15.5. The lowest BCUT2D eigenvalue weighted by Gasteiger charge is -2.19. The number of carbonyl (C=O) groups excluding carboxylic acids is 1. The minimum absolute atomic E-state index is 0.155. The smallest absolute Gasteiger partial charge is 0.312 e. The van der Waals surface area contributed by atoms with Gasteiger partial charge in [0.05, 0.1) is 12.1 Å². The first kappa shape index (κ1) is 11.5. The molecule has 2 N–H and O–H groups in total. The molecule has 0 spiro atoms. The minimum atomic E-state index is -0.461. The summed E-state index contributed by atoms with van der Waals surface area (Å²) < 4.78 is 5.16. The van der Waals surface area contributed by atoms with Gasteiger partial charge in [0.2, 0.25) is 0 Å². The molecule has 0 aliphatic carbocycles. The van der Waals surface area contributed by atoms with Gasteiger partial charge in [0.1, 0.15) is 11.4 Å². The zero-order valence-electron chi connectivity index (χ0n) is 9.28. The molecule has 1 rings (SSSR count). The number of nitrogen functional groups attached to an aromatic ring is 1. The Kier molecular flexibility index (Phi) is 3.29. The van der Waals surface area contributed by atoms with Crippen molar-refractivity contribution >= 4 is 11.8 Å². The summed E-state index contributed by atoms with van der Waals surface area (Å²) in [5.74, 6) is 0.122. The number of anilines is 1. The highest BCUT2D eigenvalue weighted by molar-refractivity contribution is 5.72. The zero-order chi connectivity index (χ0) is 11.5. The molecule has 0 bridgehead atoms. The normalized spacial score (nSPS) is 11.1. The molecule has 0 aliphatic heterocycles. The van der Waals surface area contributed by atoms with Crippen LogP contribution in [0, 0.1) is 0 Å². The Bertz CT molecular complexity index is 356. The van der Waals surface area contributed by atoms with E-state index in [9.17, 15) is 4.79 Å². The number of hydrogen-bond acceptors (Lipinski definition) is 4. The molecular weight excluding hydrogens is 192 g/mol. The minimum Gasteiger partial charge on any atom is -0.460 e. The maximum absolute atomic E-state index is 11.4. The SMILES string of the molecule is CC(C)(C)OC(=O)Cc1cccc(N)n1. The molecule has 0 fully saturated rings. The molecule has 1 heterocycles. The Hall–Kier alpha value is -1.58. The molecule has 0 saturated carbocycles. The Morgan fingerprint density at radius 3 is 2.67 bits per heavy atom. The molecule has 1 aromatic heterocycles. The Labute approximate surface area is 89.5 Å². The van der Waals surface area contributed by atoms with Crippen LogP contribution in [0.3, 0.4) is 0 Å². The van der Waals surface area contributed by atoms with Crippen LogP contribution in [0.4, 0.5) is 5.82 Å². The van der Waals surface area contributed by atoms with E-state index in [2.05, 4.69) is 4.98 Å². The molecule has 0 aromatic carbocycles. The van der Waals surface area contributed by atoms with Crippen LogP contribution in [0.2, 0.25) is 0 Å². The van der Waals surface area contributed by atoms with Crippen LogP contribution in [0.25, 0.3) is 0 Å². The molecule has 0 aliphatic rings. The maximum atomic E-state index is 11.4. The average molecular weight is 208 g/mol. The second kappa shape index (κ2) is 4.29. The number of aromatic nitrogens is 1. The fourth-order valence-corrected chi connectivity index (χ4v) is 1.12. The van der Waals surface area contributed by atoms with Gasteiger partial charge >= 0.3 is 5.97 Å². The largest absolute Gasteiger partial charge is 0.460 e. The number of nitrogens with zero attached hydrogens (tertiary/aromatic N) is 1. The lowest BCUT2D eigenvalue weighted by molar-refractivity contribution is -0.153. The molecule has 4 nitrogen and oxygen atoms in total. The van der Waals surface area contributed by atoms with Crippen molar-refractivity contribution in [1.29, 1.82) is 0 Å². The number of carbonyl (C=O) groups is 1. The quantitative estimate of drug-likeness (QED) is 0.749. The van der Waals surface area contributed by atoms with Gasteiger partial charge in [0.25, 0.3) is 0 Å². The van der Waals surface area contributed by atoms with Crippen molar-refractivity contribution in [1.82, 2.24) is 4.98 Å². The first-order valence-electron chi connectivity index (χ1n) is 4.80. The van der Waals surface area contributed by atoms with Crippen LogP contribution < -0.4 is 5.73 Å². The average Bonchev–Trinajstić information content (AvgIpc) is 1.99. The summed E-state index contributed by atoms with van der Waals surface area (Å²) in [6.07, 6.45) is 0.155. The van der Waals surface area contributed by atoms with Crippen LogP contribution in [-0.2, 0) is 16.0 Å². The van der Waals surface area contributed by atoms with Crippen molar-refractivity contribution < 1.29 is 9.53 Å². The number of hydrogen-bond donors (Lipinski definition) is 1. The number of pyridine rings is 1. The number of ether oxygens (including phenoxy) is 1. The fraction of sp³-hybridized carbons (Fsp3) is 0.455. The van der Waals surface area contributed by atoms with E-state index >= 15 is 0 Å². The summed E-state index contributed by atoms with van der Waals surface area (Å²) >= 11 is 0. The van der Waals surface area contributed by atoms with E-state index in [1.807, 2.05) is 20.8 Å². The Morgan fingerprint density at radius 1 is 1.47 bits per heavy atom. The fourth-order valence-electron chi connectivity index (χ4n) is 1.12. The molecule has 0 unspecified atom stereocenters. The standard InChI is InChI=1S/C11H16N2O2/c1-11(2,3)15-10(14)7-8-5-4-6-9(12)13-8/h4-6H,7H2,1-3H3,(H2,12,13). The van der Waals surface area contributed by atoms with Gasteiger partial charge in [-0.05, 0) is 32.9 Å². The van der Waals surface area contributed by atoms with Crippen molar-refractivity contribution in [2.45, 2.75) is 32.8 Å². The molecule has 15 heavy (non-hydrogen) atoms. The van der Waals surface area contributed by atoms with Gasteiger partial charge in [-0.1, -0.05) is 6.07 Å². The third kappa shape index (κ3) is 4.44. The zero-order valence-corrected chi connectivity index (χ0v) is 9.28. The van der Waals surface area contributed by atoms with Gasteiger partial charge in [0, 0.05) is 0 Å². The van der Waals surface area contributed by atoms with Gasteiger partial charge in [-0.3, -0.25) is 4.79 Å². The van der Waals surface area contributed by atoms with Crippen molar-refractivity contribution in [3.63, 3.8) is 0 Å². The van der Waals surface area contributed by atoms with Crippen LogP contribution in [0.1, 0.15) is 26.5 Å². The predicted molar refractivity (Wildman–Crippen MR) is 58.2 cm³/mol. The van der Waals surface area contributed by atoms with Crippen LogP contribution in [-0.4, -0.2) is 16.6 Å². The molecule has 1 aromatic rings. The molecule has 4 heteroatoms. The summed E-state index contributed by atoms with van der Waals surface area (Å²) in [5, 5.41) is 0. The number of rotatable bonds is 2. The summed E-state index contributed by atoms with van der Waals surface area (Å²) in [5.41, 5.74) is 5.67. The maximum Gasteiger partial charge on any atom is 0.312 e. The first-order valence-corrected chi connectivity index (χ1v) is 4.80. The molecular formula is C11H16N2O2. The van der Waals surface area contributed by atoms with Crippen molar-refractivity contribution in [3.05, 3.63) is 23.9 Å². The van der Waals surface area contributed by atoms with Crippen molar-refractivity contribution in [2.24, 2.45) is 0 Å². The summed E-state index contributed by atoms with van der Waals surface area (Å²) in [7, 11) is 0. The van der Waals surface area contributed by atoms with E-state index in [0.29, 0.717) is 11.5 Å². The summed E-state index contributed by atoms with van der Waals surface area (Å²) in [6, 6.07) is 5.20. The number of nitrogens with two attached hydrogens (primary N) is 1. The molecule has 82 valence electrons. The van der Waals surface area contributed by atoms with E-state index < -0.39 is 5.60 Å². The second-order valence-corrected chi connectivity index (χ2v) is 4.32. The third-order valence-corrected chi connectivity index (χ3v) is 1.57. The Morgan fingerprint density at radius 2 is 2.13 bits per heavy atom.